The Labute approximate surface area is 98.0 Å². The molecule has 2 heterocycles. The minimum Gasteiger partial charge on any atom is -0.344 e. The van der Waals surface area contributed by atoms with E-state index in [2.05, 4.69) is 24.2 Å². The molecule has 16 heavy (non-hydrogen) atoms. The van der Waals surface area contributed by atoms with Crippen LogP contribution in [0.2, 0.25) is 0 Å². The minimum absolute atomic E-state index is 0.0746. The zero-order chi connectivity index (χ0) is 11.7. The molecule has 4 nitrogen and oxygen atoms in total. The lowest BCUT2D eigenvalue weighted by Gasteiger charge is -2.36. The number of hydrogen-bond donors (Lipinski definition) is 1. The van der Waals surface area contributed by atoms with Gasteiger partial charge in [0.25, 0.3) is 0 Å². The quantitative estimate of drug-likeness (QED) is 0.734. The third-order valence-electron chi connectivity index (χ3n) is 4.07. The summed E-state index contributed by atoms with van der Waals surface area (Å²) in [5.74, 6) is 0.270. The highest BCUT2D eigenvalue weighted by molar-refractivity contribution is 5.83. The van der Waals surface area contributed by atoms with Gasteiger partial charge in [0, 0.05) is 25.7 Å². The molecule has 0 aromatic rings. The first kappa shape index (κ1) is 11.9. The molecule has 1 amide bonds. The number of nitrogens with one attached hydrogen (secondary N) is 1. The molecule has 2 saturated heterocycles. The lowest BCUT2D eigenvalue weighted by Crippen LogP contribution is -2.50. The molecule has 3 unspecified atom stereocenters. The molecule has 0 saturated carbocycles. The fraction of sp³-hybridized carbons (Fsp3) is 0.917. The summed E-state index contributed by atoms with van der Waals surface area (Å²) >= 11 is 0. The maximum atomic E-state index is 11.8. The van der Waals surface area contributed by atoms with E-state index in [4.69, 9.17) is 0 Å². The van der Waals surface area contributed by atoms with Gasteiger partial charge in [0.05, 0.1) is 6.04 Å². The fourth-order valence-corrected chi connectivity index (χ4v) is 2.70. The van der Waals surface area contributed by atoms with Crippen LogP contribution in [0.4, 0.5) is 0 Å². The molecule has 0 aromatic carbocycles. The molecule has 1 N–H and O–H groups in total. The van der Waals surface area contributed by atoms with Crippen molar-refractivity contribution in [2.75, 3.05) is 27.2 Å². The number of carbonyl (C=O) groups is 1. The van der Waals surface area contributed by atoms with E-state index in [9.17, 15) is 4.79 Å². The summed E-state index contributed by atoms with van der Waals surface area (Å²) in [5, 5.41) is 3.53. The Kier molecular flexibility index (Phi) is 3.50. The normalized spacial score (nSPS) is 37.1. The molecule has 92 valence electrons. The minimum atomic E-state index is 0.0746. The van der Waals surface area contributed by atoms with Crippen LogP contribution in [0.3, 0.4) is 0 Å². The van der Waals surface area contributed by atoms with E-state index in [1.165, 1.54) is 0 Å². The van der Waals surface area contributed by atoms with Crippen molar-refractivity contribution in [1.29, 1.82) is 0 Å². The van der Waals surface area contributed by atoms with Gasteiger partial charge in [-0.15, -0.1) is 0 Å². The average molecular weight is 225 g/mol. The highest BCUT2D eigenvalue weighted by Gasteiger charge is 2.32. The molecule has 2 aliphatic rings. The zero-order valence-corrected chi connectivity index (χ0v) is 10.6. The van der Waals surface area contributed by atoms with Gasteiger partial charge in [0.15, 0.2) is 0 Å². The van der Waals surface area contributed by atoms with E-state index in [0.717, 1.165) is 32.4 Å². The molecule has 2 rings (SSSR count). The van der Waals surface area contributed by atoms with Crippen molar-refractivity contribution in [3.05, 3.63) is 0 Å². The summed E-state index contributed by atoms with van der Waals surface area (Å²) < 4.78 is 0. The number of hydrogen-bond acceptors (Lipinski definition) is 3. The van der Waals surface area contributed by atoms with Crippen LogP contribution in [-0.2, 0) is 4.79 Å². The number of piperidine rings is 1. The lowest BCUT2D eigenvalue weighted by molar-refractivity contribution is -0.128. The van der Waals surface area contributed by atoms with Crippen molar-refractivity contribution in [2.45, 2.75) is 44.3 Å². The Hall–Kier alpha value is -0.610. The molecular weight excluding hydrogens is 202 g/mol. The predicted molar refractivity (Wildman–Crippen MR) is 64.3 cm³/mol. The summed E-state index contributed by atoms with van der Waals surface area (Å²) in [6.07, 6.45) is 3.29. The van der Waals surface area contributed by atoms with E-state index >= 15 is 0 Å². The number of likely N-dealkylation sites (tertiary alicyclic amines) is 2. The molecule has 0 radical (unpaired) electrons. The number of nitrogens with zero attached hydrogens (tertiary/aromatic N) is 2. The van der Waals surface area contributed by atoms with Crippen molar-refractivity contribution in [3.63, 3.8) is 0 Å². The largest absolute Gasteiger partial charge is 0.344 e. The summed E-state index contributed by atoms with van der Waals surface area (Å²) in [6, 6.07) is 1.22. The van der Waals surface area contributed by atoms with Gasteiger partial charge in [-0.1, -0.05) is 0 Å². The maximum Gasteiger partial charge on any atom is 0.239 e. The van der Waals surface area contributed by atoms with Crippen molar-refractivity contribution in [3.8, 4) is 0 Å². The second kappa shape index (κ2) is 4.72. The highest BCUT2D eigenvalue weighted by atomic mass is 16.2. The van der Waals surface area contributed by atoms with Crippen molar-refractivity contribution in [1.82, 2.24) is 15.1 Å². The van der Waals surface area contributed by atoms with E-state index in [1.807, 2.05) is 11.9 Å². The molecule has 3 atom stereocenters. The van der Waals surface area contributed by atoms with Crippen LogP contribution < -0.4 is 5.32 Å². The highest BCUT2D eigenvalue weighted by Crippen LogP contribution is 2.18. The fourth-order valence-electron chi connectivity index (χ4n) is 2.70. The number of likely N-dealkylation sites (N-methyl/N-ethyl adjacent to an activating group) is 1. The topological polar surface area (TPSA) is 35.6 Å². The molecule has 2 fully saturated rings. The standard InChI is InChI=1S/C12H23N3O/c1-9-8-10(4-6-14(9)2)13-11-5-7-15(3)12(11)16/h9-11,13H,4-8H2,1-3H3. The van der Waals surface area contributed by atoms with E-state index < -0.39 is 0 Å². The van der Waals surface area contributed by atoms with Gasteiger partial charge in [-0.05, 0) is 39.8 Å². The summed E-state index contributed by atoms with van der Waals surface area (Å²) in [5.41, 5.74) is 0. The first-order valence-electron chi connectivity index (χ1n) is 6.29. The molecule has 0 spiro atoms. The first-order valence-corrected chi connectivity index (χ1v) is 6.29. The van der Waals surface area contributed by atoms with Crippen LogP contribution in [0, 0.1) is 0 Å². The van der Waals surface area contributed by atoms with Crippen LogP contribution >= 0.6 is 0 Å². The Morgan fingerprint density at radius 1 is 1.25 bits per heavy atom. The van der Waals surface area contributed by atoms with E-state index in [-0.39, 0.29) is 11.9 Å². The van der Waals surface area contributed by atoms with Crippen LogP contribution in [-0.4, -0.2) is 61.0 Å². The SMILES string of the molecule is CC1CC(NC2CCN(C)C2=O)CCN1C. The molecular formula is C12H23N3O. The smallest absolute Gasteiger partial charge is 0.239 e. The maximum absolute atomic E-state index is 11.8. The second-order valence-electron chi connectivity index (χ2n) is 5.32. The molecule has 0 bridgehead atoms. The predicted octanol–water partition coefficient (Wildman–Crippen LogP) is 0.289. The Morgan fingerprint density at radius 2 is 2.00 bits per heavy atom. The zero-order valence-electron chi connectivity index (χ0n) is 10.6. The van der Waals surface area contributed by atoms with Crippen molar-refractivity contribution < 1.29 is 4.79 Å². The third kappa shape index (κ3) is 2.38. The average Bonchev–Trinajstić information content (AvgIpc) is 2.55. The lowest BCUT2D eigenvalue weighted by atomic mass is 9.98. The Morgan fingerprint density at radius 3 is 2.56 bits per heavy atom. The van der Waals surface area contributed by atoms with Gasteiger partial charge < -0.3 is 15.1 Å². The summed E-state index contributed by atoms with van der Waals surface area (Å²) in [6.45, 7) is 4.30. The van der Waals surface area contributed by atoms with Gasteiger partial charge >= 0.3 is 0 Å². The third-order valence-corrected chi connectivity index (χ3v) is 4.07. The van der Waals surface area contributed by atoms with Crippen LogP contribution in [0.25, 0.3) is 0 Å². The summed E-state index contributed by atoms with van der Waals surface area (Å²) in [7, 11) is 4.07. The van der Waals surface area contributed by atoms with Crippen LogP contribution in [0.5, 0.6) is 0 Å². The van der Waals surface area contributed by atoms with Crippen LogP contribution in [0.15, 0.2) is 0 Å². The summed E-state index contributed by atoms with van der Waals surface area (Å²) in [4.78, 5) is 16.0. The number of rotatable bonds is 2. The monoisotopic (exact) mass is 225 g/mol. The van der Waals surface area contributed by atoms with Crippen LogP contribution in [0.1, 0.15) is 26.2 Å². The van der Waals surface area contributed by atoms with E-state index in [0.29, 0.717) is 12.1 Å². The Balaban J connectivity index is 1.84. The molecule has 0 aliphatic carbocycles. The number of amides is 1. The van der Waals surface area contributed by atoms with Gasteiger partial charge in [-0.25, -0.2) is 0 Å². The van der Waals surface area contributed by atoms with Gasteiger partial charge in [0.2, 0.25) is 5.91 Å². The molecule has 0 aromatic heterocycles. The van der Waals surface area contributed by atoms with Gasteiger partial charge in [-0.2, -0.15) is 0 Å². The van der Waals surface area contributed by atoms with Crippen molar-refractivity contribution in [2.24, 2.45) is 0 Å². The van der Waals surface area contributed by atoms with Gasteiger partial charge in [-0.3, -0.25) is 4.79 Å². The molecule has 2 aliphatic heterocycles. The Bertz CT molecular complexity index is 269. The molecule has 4 heteroatoms. The first-order chi connectivity index (χ1) is 7.58. The van der Waals surface area contributed by atoms with Gasteiger partial charge in [0.1, 0.15) is 0 Å². The second-order valence-corrected chi connectivity index (χ2v) is 5.32. The van der Waals surface area contributed by atoms with Crippen molar-refractivity contribution >= 4 is 5.91 Å². The van der Waals surface area contributed by atoms with E-state index in [1.54, 1.807) is 0 Å². The number of carbonyl (C=O) groups excluding carboxylic acids is 1.